The van der Waals surface area contributed by atoms with Crippen LogP contribution in [-0.2, 0) is 9.53 Å². The second-order valence-electron chi connectivity index (χ2n) is 5.26. The van der Waals surface area contributed by atoms with E-state index in [-0.39, 0.29) is 31.2 Å². The predicted molar refractivity (Wildman–Crippen MR) is 74.2 cm³/mol. The molecule has 2 unspecified atom stereocenters. The number of methoxy groups -OCH3 is 1. The highest BCUT2D eigenvalue weighted by atomic mass is 16.5. The maximum atomic E-state index is 12.2. The molecule has 0 radical (unpaired) electrons. The molecule has 7 heteroatoms. The lowest BCUT2D eigenvalue weighted by Gasteiger charge is -2.39. The van der Waals surface area contributed by atoms with E-state index in [1.54, 1.807) is 0 Å². The molecule has 0 aromatic rings. The number of hydrogen-bond acceptors (Lipinski definition) is 4. The minimum Gasteiger partial charge on any atom is -0.480 e. The number of hydrogen-bond donors (Lipinski definition) is 2. The third-order valence-corrected chi connectivity index (χ3v) is 3.60. The second-order valence-corrected chi connectivity index (χ2v) is 5.26. The van der Waals surface area contributed by atoms with Crippen LogP contribution in [0.5, 0.6) is 0 Å². The Bertz CT molecular complexity index is 328. The SMILES string of the molecule is COCCN(CC(=O)O)C(=O)NN1C(C)CCCC1C. The van der Waals surface area contributed by atoms with Gasteiger partial charge in [-0.25, -0.2) is 9.80 Å². The Morgan fingerprint density at radius 3 is 2.45 bits per heavy atom. The molecule has 1 rings (SSSR count). The second kappa shape index (κ2) is 8.06. The summed E-state index contributed by atoms with van der Waals surface area (Å²) < 4.78 is 4.91. The quantitative estimate of drug-likeness (QED) is 0.758. The van der Waals surface area contributed by atoms with Crippen molar-refractivity contribution in [2.24, 2.45) is 0 Å². The fourth-order valence-electron chi connectivity index (χ4n) is 2.44. The first-order chi connectivity index (χ1) is 9.45. The minimum atomic E-state index is -1.03. The number of carboxylic acids is 1. The molecule has 1 aliphatic rings. The van der Waals surface area contributed by atoms with E-state index >= 15 is 0 Å². The summed E-state index contributed by atoms with van der Waals surface area (Å²) in [5, 5.41) is 10.8. The van der Waals surface area contributed by atoms with Crippen LogP contribution in [0.4, 0.5) is 4.79 Å². The van der Waals surface area contributed by atoms with Crippen molar-refractivity contribution >= 4 is 12.0 Å². The Hall–Kier alpha value is -1.34. The molecule has 20 heavy (non-hydrogen) atoms. The molecule has 0 saturated carbocycles. The van der Waals surface area contributed by atoms with Gasteiger partial charge in [0.05, 0.1) is 6.61 Å². The van der Waals surface area contributed by atoms with Crippen LogP contribution >= 0.6 is 0 Å². The average Bonchev–Trinajstić information content (AvgIpc) is 2.38. The van der Waals surface area contributed by atoms with Crippen LogP contribution < -0.4 is 5.43 Å². The number of nitrogens with zero attached hydrogens (tertiary/aromatic N) is 2. The van der Waals surface area contributed by atoms with Crippen LogP contribution in [0.25, 0.3) is 0 Å². The average molecular weight is 287 g/mol. The van der Waals surface area contributed by atoms with E-state index in [2.05, 4.69) is 19.3 Å². The molecule has 2 amide bonds. The number of amides is 2. The minimum absolute atomic E-state index is 0.255. The molecule has 0 aliphatic carbocycles. The smallest absolute Gasteiger partial charge is 0.332 e. The van der Waals surface area contributed by atoms with E-state index in [1.165, 1.54) is 12.0 Å². The van der Waals surface area contributed by atoms with Crippen molar-refractivity contribution in [2.75, 3.05) is 26.8 Å². The monoisotopic (exact) mass is 287 g/mol. The molecule has 116 valence electrons. The lowest BCUT2D eigenvalue weighted by Crippen LogP contribution is -2.58. The number of carboxylic acid groups (broad SMARTS) is 1. The van der Waals surface area contributed by atoms with Crippen molar-refractivity contribution in [2.45, 2.75) is 45.2 Å². The van der Waals surface area contributed by atoms with Crippen molar-refractivity contribution in [3.05, 3.63) is 0 Å². The summed E-state index contributed by atoms with van der Waals surface area (Å²) in [4.78, 5) is 24.3. The van der Waals surface area contributed by atoms with Gasteiger partial charge in [-0.15, -0.1) is 0 Å². The van der Waals surface area contributed by atoms with Crippen molar-refractivity contribution in [1.29, 1.82) is 0 Å². The number of piperidine rings is 1. The summed E-state index contributed by atoms with van der Waals surface area (Å²) in [6.45, 7) is 4.36. The molecule has 1 fully saturated rings. The molecule has 7 nitrogen and oxygen atoms in total. The maximum absolute atomic E-state index is 12.2. The molecular weight excluding hydrogens is 262 g/mol. The van der Waals surface area contributed by atoms with Gasteiger partial charge in [-0.3, -0.25) is 10.2 Å². The summed E-state index contributed by atoms with van der Waals surface area (Å²) >= 11 is 0. The third-order valence-electron chi connectivity index (χ3n) is 3.60. The van der Waals surface area contributed by atoms with Crippen LogP contribution in [0.15, 0.2) is 0 Å². The van der Waals surface area contributed by atoms with Gasteiger partial charge in [0.15, 0.2) is 0 Å². The third kappa shape index (κ3) is 4.97. The number of carbonyl (C=O) groups excluding carboxylic acids is 1. The molecule has 0 aromatic heterocycles. The van der Waals surface area contributed by atoms with Gasteiger partial charge in [-0.05, 0) is 26.7 Å². The first kappa shape index (κ1) is 16.7. The van der Waals surface area contributed by atoms with Crippen LogP contribution in [-0.4, -0.2) is 65.9 Å². The molecule has 0 bridgehead atoms. The number of rotatable bonds is 6. The largest absolute Gasteiger partial charge is 0.480 e. The van der Waals surface area contributed by atoms with Gasteiger partial charge >= 0.3 is 12.0 Å². The van der Waals surface area contributed by atoms with Crippen LogP contribution in [0.2, 0.25) is 0 Å². The zero-order chi connectivity index (χ0) is 15.1. The van der Waals surface area contributed by atoms with Gasteiger partial charge in [0.2, 0.25) is 0 Å². The fraction of sp³-hybridized carbons (Fsp3) is 0.846. The van der Waals surface area contributed by atoms with Gasteiger partial charge in [0, 0.05) is 25.7 Å². The summed E-state index contributed by atoms with van der Waals surface area (Å²) in [5.74, 6) is -1.03. The van der Waals surface area contributed by atoms with Crippen LogP contribution in [0, 0.1) is 0 Å². The van der Waals surface area contributed by atoms with Crippen LogP contribution in [0.1, 0.15) is 33.1 Å². The van der Waals surface area contributed by atoms with Crippen molar-refractivity contribution in [3.8, 4) is 0 Å². The van der Waals surface area contributed by atoms with Gasteiger partial charge in [-0.1, -0.05) is 6.42 Å². The molecule has 1 heterocycles. The highest BCUT2D eigenvalue weighted by Crippen LogP contribution is 2.20. The van der Waals surface area contributed by atoms with Gasteiger partial charge in [-0.2, -0.15) is 0 Å². The zero-order valence-corrected chi connectivity index (χ0v) is 12.5. The normalized spacial score (nSPS) is 23.4. The Morgan fingerprint density at radius 2 is 1.95 bits per heavy atom. The number of ether oxygens (including phenoxy) is 1. The lowest BCUT2D eigenvalue weighted by molar-refractivity contribution is -0.137. The molecular formula is C13H25N3O4. The van der Waals surface area contributed by atoms with E-state index in [1.807, 2.05) is 5.01 Å². The van der Waals surface area contributed by atoms with E-state index in [0.29, 0.717) is 6.61 Å². The van der Waals surface area contributed by atoms with Gasteiger partial charge in [0.25, 0.3) is 0 Å². The van der Waals surface area contributed by atoms with E-state index in [0.717, 1.165) is 19.3 Å². The topological polar surface area (TPSA) is 82.1 Å². The van der Waals surface area contributed by atoms with Crippen molar-refractivity contribution in [3.63, 3.8) is 0 Å². The number of nitrogens with one attached hydrogen (secondary N) is 1. The lowest BCUT2D eigenvalue weighted by atomic mass is 10.00. The Balaban J connectivity index is 2.61. The summed E-state index contributed by atoms with van der Waals surface area (Å²) in [5.41, 5.74) is 2.83. The first-order valence-corrected chi connectivity index (χ1v) is 7.00. The zero-order valence-electron chi connectivity index (χ0n) is 12.5. The molecule has 1 aliphatic heterocycles. The van der Waals surface area contributed by atoms with E-state index in [4.69, 9.17) is 9.84 Å². The molecule has 0 aromatic carbocycles. The summed E-state index contributed by atoms with van der Waals surface area (Å²) in [6, 6.07) is 0.138. The van der Waals surface area contributed by atoms with Crippen LogP contribution in [0.3, 0.4) is 0 Å². The molecule has 0 spiro atoms. The Kier molecular flexibility index (Phi) is 6.74. The summed E-state index contributed by atoms with van der Waals surface area (Å²) in [7, 11) is 1.52. The van der Waals surface area contributed by atoms with E-state index < -0.39 is 5.97 Å². The number of carbonyl (C=O) groups is 2. The number of aliphatic carboxylic acids is 1. The van der Waals surface area contributed by atoms with Gasteiger partial charge in [0.1, 0.15) is 6.54 Å². The number of hydrazine groups is 1. The first-order valence-electron chi connectivity index (χ1n) is 7.00. The van der Waals surface area contributed by atoms with Crippen molar-refractivity contribution < 1.29 is 19.4 Å². The molecule has 1 saturated heterocycles. The van der Waals surface area contributed by atoms with Gasteiger partial charge < -0.3 is 14.7 Å². The Morgan fingerprint density at radius 1 is 1.35 bits per heavy atom. The number of urea groups is 1. The standard InChI is InChI=1S/C13H25N3O4/c1-10-5-4-6-11(2)16(10)14-13(19)15(7-8-20-3)9-12(17)18/h10-11H,4-9H2,1-3H3,(H,14,19)(H,17,18). The van der Waals surface area contributed by atoms with Crippen molar-refractivity contribution in [1.82, 2.24) is 15.3 Å². The predicted octanol–water partition coefficient (Wildman–Crippen LogP) is 0.907. The maximum Gasteiger partial charge on any atom is 0.332 e. The molecule has 2 atom stereocenters. The highest BCUT2D eigenvalue weighted by Gasteiger charge is 2.28. The highest BCUT2D eigenvalue weighted by molar-refractivity contribution is 5.79. The fourth-order valence-corrected chi connectivity index (χ4v) is 2.44. The summed E-state index contributed by atoms with van der Waals surface area (Å²) in [6.07, 6.45) is 3.21. The molecule has 2 N–H and O–H groups in total. The van der Waals surface area contributed by atoms with E-state index in [9.17, 15) is 9.59 Å². The Labute approximate surface area is 119 Å².